The van der Waals surface area contributed by atoms with Crippen LogP contribution in [0.2, 0.25) is 0 Å². The van der Waals surface area contributed by atoms with Gasteiger partial charge < -0.3 is 15.0 Å². The molecule has 34 heavy (non-hydrogen) atoms. The molecule has 4 aromatic rings. The third kappa shape index (κ3) is 5.73. The summed E-state index contributed by atoms with van der Waals surface area (Å²) in [6.07, 6.45) is 1.78. The zero-order chi connectivity index (χ0) is 23.9. The first-order valence-corrected chi connectivity index (χ1v) is 12.7. The summed E-state index contributed by atoms with van der Waals surface area (Å²) < 4.78 is 5.18. The number of thioether (sulfide) groups is 1. The Balaban J connectivity index is 1.36. The van der Waals surface area contributed by atoms with Gasteiger partial charge in [0.25, 0.3) is 5.56 Å². The van der Waals surface area contributed by atoms with E-state index in [9.17, 15) is 14.4 Å². The molecular formula is C25H23N3O4S2. The molecule has 0 fully saturated rings. The number of aromatic nitrogens is 2. The quantitative estimate of drug-likeness (QED) is 0.141. The molecule has 7 nitrogen and oxygen atoms in total. The van der Waals surface area contributed by atoms with Gasteiger partial charge in [0, 0.05) is 16.6 Å². The van der Waals surface area contributed by atoms with Crippen LogP contribution in [0.1, 0.15) is 30.1 Å². The number of amides is 1. The summed E-state index contributed by atoms with van der Waals surface area (Å²) in [5.41, 5.74) is 2.58. The van der Waals surface area contributed by atoms with Crippen LogP contribution in [0.5, 0.6) is 0 Å². The minimum Gasteiger partial charge on any atom is -0.462 e. The van der Waals surface area contributed by atoms with Gasteiger partial charge in [0.15, 0.2) is 5.16 Å². The Hall–Kier alpha value is -3.43. The number of H-pyrrole nitrogens is 1. The zero-order valence-corrected chi connectivity index (χ0v) is 20.1. The van der Waals surface area contributed by atoms with Crippen molar-refractivity contribution in [1.82, 2.24) is 9.97 Å². The Morgan fingerprint density at radius 2 is 1.88 bits per heavy atom. The van der Waals surface area contributed by atoms with Gasteiger partial charge in [-0.2, -0.15) is 0 Å². The summed E-state index contributed by atoms with van der Waals surface area (Å²) >= 11 is 2.56. The number of nitrogens with zero attached hydrogens (tertiary/aromatic N) is 1. The van der Waals surface area contributed by atoms with E-state index in [1.54, 1.807) is 24.3 Å². The number of benzene rings is 2. The average Bonchev–Trinajstić information content (AvgIpc) is 3.28. The number of carbonyl (C=O) groups excluding carboxylic acids is 2. The van der Waals surface area contributed by atoms with Gasteiger partial charge in [-0.3, -0.25) is 9.59 Å². The second kappa shape index (κ2) is 11.1. The molecule has 2 N–H and O–H groups in total. The van der Waals surface area contributed by atoms with Gasteiger partial charge in [-0.05, 0) is 36.2 Å². The SMILES string of the molecule is CCCCOC(=O)c1ccc(NC(=O)CSc2nc3scc(-c4ccccc4)c3c(=O)[nH]2)cc1. The van der Waals surface area contributed by atoms with Crippen molar-refractivity contribution in [3.8, 4) is 11.1 Å². The number of nitrogens with one attached hydrogen (secondary N) is 2. The number of fused-ring (bicyclic) bond motifs is 1. The van der Waals surface area contributed by atoms with E-state index in [1.807, 2.05) is 42.6 Å². The van der Waals surface area contributed by atoms with Gasteiger partial charge in [0.1, 0.15) is 4.83 Å². The summed E-state index contributed by atoms with van der Waals surface area (Å²) in [5.74, 6) is -0.551. The second-order valence-electron chi connectivity index (χ2n) is 7.47. The number of esters is 1. The van der Waals surface area contributed by atoms with Crippen molar-refractivity contribution in [3.05, 3.63) is 75.9 Å². The van der Waals surface area contributed by atoms with E-state index in [0.717, 1.165) is 35.7 Å². The standard InChI is InChI=1S/C25H23N3O4S2/c1-2-3-13-32-24(31)17-9-11-18(12-10-17)26-20(29)15-34-25-27-22(30)21-19(14-33-23(21)28-25)16-7-5-4-6-8-16/h4-12,14H,2-3,13,15H2,1H3,(H,26,29)(H,27,28,30). The highest BCUT2D eigenvalue weighted by Gasteiger charge is 2.14. The van der Waals surface area contributed by atoms with E-state index in [4.69, 9.17) is 4.74 Å². The van der Waals surface area contributed by atoms with Crippen LogP contribution in [0.25, 0.3) is 21.3 Å². The number of rotatable bonds is 9. The molecular weight excluding hydrogens is 470 g/mol. The smallest absolute Gasteiger partial charge is 0.338 e. The second-order valence-corrected chi connectivity index (χ2v) is 9.29. The summed E-state index contributed by atoms with van der Waals surface area (Å²) in [5, 5.41) is 5.64. The monoisotopic (exact) mass is 493 g/mol. The lowest BCUT2D eigenvalue weighted by Crippen LogP contribution is -2.15. The number of thiophene rings is 1. The maximum Gasteiger partial charge on any atom is 0.338 e. The minimum absolute atomic E-state index is 0.0756. The molecule has 2 heterocycles. The van der Waals surface area contributed by atoms with E-state index in [0.29, 0.717) is 33.2 Å². The maximum absolute atomic E-state index is 12.7. The molecule has 2 aromatic carbocycles. The van der Waals surface area contributed by atoms with Crippen LogP contribution in [0.4, 0.5) is 5.69 Å². The highest BCUT2D eigenvalue weighted by Crippen LogP contribution is 2.31. The highest BCUT2D eigenvalue weighted by molar-refractivity contribution is 7.99. The number of ether oxygens (including phenoxy) is 1. The molecule has 0 saturated carbocycles. The molecule has 9 heteroatoms. The van der Waals surface area contributed by atoms with Crippen LogP contribution in [0, 0.1) is 0 Å². The molecule has 2 aromatic heterocycles. The van der Waals surface area contributed by atoms with E-state index in [-0.39, 0.29) is 23.2 Å². The third-order valence-electron chi connectivity index (χ3n) is 4.98. The molecule has 1 amide bonds. The first kappa shape index (κ1) is 23.7. The predicted octanol–water partition coefficient (Wildman–Crippen LogP) is 5.34. The predicted molar refractivity (Wildman–Crippen MR) is 137 cm³/mol. The van der Waals surface area contributed by atoms with Gasteiger partial charge in [-0.1, -0.05) is 55.4 Å². The van der Waals surface area contributed by atoms with E-state index in [2.05, 4.69) is 15.3 Å². The van der Waals surface area contributed by atoms with E-state index < -0.39 is 0 Å². The van der Waals surface area contributed by atoms with Gasteiger partial charge in [0.2, 0.25) is 5.91 Å². The maximum atomic E-state index is 12.7. The molecule has 0 unspecified atom stereocenters. The normalized spacial score (nSPS) is 10.9. The summed E-state index contributed by atoms with van der Waals surface area (Å²) in [4.78, 5) is 45.0. The fourth-order valence-electron chi connectivity index (χ4n) is 3.24. The van der Waals surface area contributed by atoms with Crippen LogP contribution >= 0.6 is 23.1 Å². The van der Waals surface area contributed by atoms with Crippen molar-refractivity contribution in [2.45, 2.75) is 24.9 Å². The lowest BCUT2D eigenvalue weighted by atomic mass is 10.1. The van der Waals surface area contributed by atoms with Crippen LogP contribution in [0.15, 0.2) is 69.9 Å². The van der Waals surface area contributed by atoms with Gasteiger partial charge in [-0.25, -0.2) is 9.78 Å². The average molecular weight is 494 g/mol. The third-order valence-corrected chi connectivity index (χ3v) is 6.73. The van der Waals surface area contributed by atoms with Crippen molar-refractivity contribution in [2.24, 2.45) is 0 Å². The first-order valence-electron chi connectivity index (χ1n) is 10.8. The molecule has 0 saturated heterocycles. The largest absolute Gasteiger partial charge is 0.462 e. The lowest BCUT2D eigenvalue weighted by Gasteiger charge is -2.07. The Kier molecular flexibility index (Phi) is 7.76. The molecule has 0 atom stereocenters. The van der Waals surface area contributed by atoms with Crippen LogP contribution in [-0.2, 0) is 9.53 Å². The minimum atomic E-state index is -0.378. The number of carbonyl (C=O) groups is 2. The van der Waals surface area contributed by atoms with Crippen molar-refractivity contribution in [2.75, 3.05) is 17.7 Å². The summed E-state index contributed by atoms with van der Waals surface area (Å²) in [7, 11) is 0. The van der Waals surface area contributed by atoms with Crippen molar-refractivity contribution in [3.63, 3.8) is 0 Å². The lowest BCUT2D eigenvalue weighted by molar-refractivity contribution is -0.113. The first-order chi connectivity index (χ1) is 16.5. The summed E-state index contributed by atoms with van der Waals surface area (Å²) in [6, 6.07) is 16.2. The molecule has 0 radical (unpaired) electrons. The number of hydrogen-bond acceptors (Lipinski definition) is 7. The molecule has 0 bridgehead atoms. The van der Waals surface area contributed by atoms with Crippen LogP contribution in [-0.4, -0.2) is 34.2 Å². The molecule has 4 rings (SSSR count). The number of unbranched alkanes of at least 4 members (excludes halogenated alkanes) is 1. The van der Waals surface area contributed by atoms with Crippen LogP contribution in [0.3, 0.4) is 0 Å². The molecule has 0 aliphatic carbocycles. The number of anilines is 1. The Morgan fingerprint density at radius 1 is 1.12 bits per heavy atom. The molecule has 0 spiro atoms. The van der Waals surface area contributed by atoms with Gasteiger partial charge >= 0.3 is 5.97 Å². The number of hydrogen-bond donors (Lipinski definition) is 2. The van der Waals surface area contributed by atoms with E-state index >= 15 is 0 Å². The molecule has 0 aliphatic heterocycles. The fourth-order valence-corrected chi connectivity index (χ4v) is 4.91. The summed E-state index contributed by atoms with van der Waals surface area (Å²) in [6.45, 7) is 2.42. The Bertz CT molecular complexity index is 1350. The van der Waals surface area contributed by atoms with Gasteiger partial charge in [0.05, 0.1) is 23.3 Å². The zero-order valence-electron chi connectivity index (χ0n) is 18.5. The van der Waals surface area contributed by atoms with E-state index in [1.165, 1.54) is 11.3 Å². The van der Waals surface area contributed by atoms with Crippen molar-refractivity contribution < 1.29 is 14.3 Å². The molecule has 174 valence electrons. The Morgan fingerprint density at radius 3 is 2.62 bits per heavy atom. The Labute approximate surface area is 204 Å². The van der Waals surface area contributed by atoms with Crippen LogP contribution < -0.4 is 10.9 Å². The fraction of sp³-hybridized carbons (Fsp3) is 0.200. The topological polar surface area (TPSA) is 101 Å². The molecule has 0 aliphatic rings. The number of aromatic amines is 1. The van der Waals surface area contributed by atoms with Gasteiger partial charge in [-0.15, -0.1) is 11.3 Å². The van der Waals surface area contributed by atoms with Crippen molar-refractivity contribution >= 4 is 50.9 Å². The van der Waals surface area contributed by atoms with Crippen molar-refractivity contribution in [1.29, 1.82) is 0 Å². The highest BCUT2D eigenvalue weighted by atomic mass is 32.2.